The summed E-state index contributed by atoms with van der Waals surface area (Å²) in [6, 6.07) is 13.1. The molecule has 3 aliphatic rings. The largest absolute Gasteiger partial charge is 0.491 e. The Kier molecular flexibility index (Phi) is 9.04. The number of hydrogen-bond donors (Lipinski definition) is 1. The monoisotopic (exact) mass is 534 g/mol. The lowest BCUT2D eigenvalue weighted by atomic mass is 9.94. The number of likely N-dealkylation sites (tertiary alicyclic amines) is 1. The Morgan fingerprint density at radius 2 is 1.92 bits per heavy atom. The summed E-state index contributed by atoms with van der Waals surface area (Å²) in [6.45, 7) is 6.85. The number of benzene rings is 1. The normalized spacial score (nSPS) is 20.5. The second kappa shape index (κ2) is 12.8. The summed E-state index contributed by atoms with van der Waals surface area (Å²) in [5.74, 6) is 0.846. The van der Waals surface area contributed by atoms with Crippen LogP contribution in [0.3, 0.4) is 0 Å². The van der Waals surface area contributed by atoms with Gasteiger partial charge in [-0.25, -0.2) is 9.78 Å². The van der Waals surface area contributed by atoms with Crippen molar-refractivity contribution in [1.29, 1.82) is 0 Å². The summed E-state index contributed by atoms with van der Waals surface area (Å²) >= 11 is 1.66. The Morgan fingerprint density at radius 3 is 2.63 bits per heavy atom. The molecule has 2 aliphatic heterocycles. The molecule has 1 N–H and O–H groups in total. The van der Waals surface area contributed by atoms with Gasteiger partial charge in [0.1, 0.15) is 17.4 Å². The molecule has 0 radical (unpaired) electrons. The highest BCUT2D eigenvalue weighted by Gasteiger charge is 2.39. The molecule has 2 aromatic rings. The number of nitrogens with one attached hydrogen (secondary N) is 1. The number of aromatic nitrogens is 1. The van der Waals surface area contributed by atoms with E-state index in [1.165, 1.54) is 11.1 Å². The molecule has 0 bridgehead atoms. The number of pyridine rings is 1. The first-order valence-electron chi connectivity index (χ1n) is 13.6. The average molecular weight is 535 g/mol. The van der Waals surface area contributed by atoms with Gasteiger partial charge in [-0.3, -0.25) is 4.90 Å². The Morgan fingerprint density at radius 1 is 1.11 bits per heavy atom. The van der Waals surface area contributed by atoms with Gasteiger partial charge in [0.25, 0.3) is 0 Å². The summed E-state index contributed by atoms with van der Waals surface area (Å²) in [6.07, 6.45) is 10.7. The Hall–Kier alpha value is -2.81. The summed E-state index contributed by atoms with van der Waals surface area (Å²) < 4.78 is 10.7. The van der Waals surface area contributed by atoms with Gasteiger partial charge in [0, 0.05) is 49.9 Å². The first-order chi connectivity index (χ1) is 18.6. The lowest BCUT2D eigenvalue weighted by Crippen LogP contribution is -2.49. The van der Waals surface area contributed by atoms with Crippen LogP contribution in [0.2, 0.25) is 0 Å². The highest BCUT2D eigenvalue weighted by atomic mass is 32.2. The highest BCUT2D eigenvalue weighted by Crippen LogP contribution is 2.31. The molecule has 1 aromatic carbocycles. The van der Waals surface area contributed by atoms with E-state index in [1.54, 1.807) is 18.9 Å². The molecule has 0 spiro atoms. The molecule has 8 heteroatoms. The van der Waals surface area contributed by atoms with Gasteiger partial charge < -0.3 is 19.7 Å². The fraction of sp³-hybridized carbons (Fsp3) is 0.467. The summed E-state index contributed by atoms with van der Waals surface area (Å²) in [7, 11) is 1.67. The molecule has 0 unspecified atom stereocenters. The zero-order valence-electron chi connectivity index (χ0n) is 22.4. The average Bonchev–Trinajstić information content (AvgIpc) is 3.33. The van der Waals surface area contributed by atoms with Crippen molar-refractivity contribution in [3.8, 4) is 5.75 Å². The molecule has 1 aliphatic carbocycles. The maximum atomic E-state index is 12.7. The van der Waals surface area contributed by atoms with E-state index in [9.17, 15) is 4.79 Å². The van der Waals surface area contributed by atoms with Gasteiger partial charge in [-0.05, 0) is 74.1 Å². The van der Waals surface area contributed by atoms with Crippen LogP contribution in [0, 0.1) is 6.92 Å². The standard InChI is InChI=1S/C30H38N4O3S/c1-22-24(8-13-29(32-22)38-27-11-9-26(10-12-27)37-19-18-36-2)21-33-16-14-25(15-17-33)34-28(20-31-30(34)35)23-6-4-3-5-7-23/h3-4,6,8-13,25,28H,5,7,14-21H2,1-2H3,(H,31,35)/t28-/m0/s1. The third-order valence-electron chi connectivity index (χ3n) is 7.61. The van der Waals surface area contributed by atoms with Crippen molar-refractivity contribution in [2.24, 2.45) is 0 Å². The number of methoxy groups -OCH3 is 1. The van der Waals surface area contributed by atoms with E-state index in [-0.39, 0.29) is 12.1 Å². The number of ether oxygens (including phenoxy) is 2. The molecule has 38 heavy (non-hydrogen) atoms. The van der Waals surface area contributed by atoms with Crippen LogP contribution in [0.15, 0.2) is 70.1 Å². The zero-order chi connectivity index (χ0) is 26.3. The SMILES string of the molecule is COCCOc1ccc(Sc2ccc(CN3CCC(N4C(=O)NC[C@H]4C4=CC=CCC4)CC3)c(C)n2)cc1. The Bertz CT molecular complexity index is 1160. The van der Waals surface area contributed by atoms with Crippen LogP contribution < -0.4 is 10.1 Å². The van der Waals surface area contributed by atoms with Crippen LogP contribution in [-0.2, 0) is 11.3 Å². The third kappa shape index (κ3) is 6.60. The van der Waals surface area contributed by atoms with Gasteiger partial charge in [0.15, 0.2) is 0 Å². The molecule has 1 aromatic heterocycles. The van der Waals surface area contributed by atoms with Crippen molar-refractivity contribution in [3.05, 3.63) is 71.5 Å². The lowest BCUT2D eigenvalue weighted by Gasteiger charge is -2.39. The molecular formula is C30H38N4O3S. The molecule has 3 heterocycles. The number of carbonyl (C=O) groups excluding carboxylic acids is 1. The van der Waals surface area contributed by atoms with Crippen molar-refractivity contribution in [3.63, 3.8) is 0 Å². The Balaban J connectivity index is 1.13. The first-order valence-corrected chi connectivity index (χ1v) is 14.4. The van der Waals surface area contributed by atoms with Crippen molar-refractivity contribution in [2.75, 3.05) is 40.0 Å². The van der Waals surface area contributed by atoms with Crippen LogP contribution in [0.5, 0.6) is 5.75 Å². The fourth-order valence-corrected chi connectivity index (χ4v) is 6.33. The molecule has 7 nitrogen and oxygen atoms in total. The van der Waals surface area contributed by atoms with E-state index < -0.39 is 0 Å². The minimum Gasteiger partial charge on any atom is -0.491 e. The second-order valence-corrected chi connectivity index (χ2v) is 11.2. The molecular weight excluding hydrogens is 496 g/mol. The number of hydrogen-bond acceptors (Lipinski definition) is 6. The molecule has 2 amide bonds. The molecule has 2 fully saturated rings. The number of amides is 2. The van der Waals surface area contributed by atoms with Gasteiger partial charge >= 0.3 is 6.03 Å². The number of aryl methyl sites for hydroxylation is 1. The first kappa shape index (κ1) is 26.8. The summed E-state index contributed by atoms with van der Waals surface area (Å²) in [5, 5.41) is 4.09. The van der Waals surface area contributed by atoms with E-state index in [1.807, 2.05) is 12.1 Å². The van der Waals surface area contributed by atoms with Crippen molar-refractivity contribution in [2.45, 2.75) is 61.2 Å². The minimum atomic E-state index is 0.102. The third-order valence-corrected chi connectivity index (χ3v) is 8.55. The molecule has 5 rings (SSSR count). The van der Waals surface area contributed by atoms with Crippen LogP contribution in [0.1, 0.15) is 36.9 Å². The molecule has 0 saturated carbocycles. The summed E-state index contributed by atoms with van der Waals surface area (Å²) in [5.41, 5.74) is 3.73. The van der Waals surface area contributed by atoms with Crippen LogP contribution in [0.4, 0.5) is 4.79 Å². The highest BCUT2D eigenvalue weighted by molar-refractivity contribution is 7.99. The minimum absolute atomic E-state index is 0.102. The maximum absolute atomic E-state index is 12.7. The fourth-order valence-electron chi connectivity index (χ4n) is 5.50. The molecule has 1 atom stereocenters. The van der Waals surface area contributed by atoms with Gasteiger partial charge in [0.05, 0.1) is 12.6 Å². The number of carbonyl (C=O) groups is 1. The van der Waals surface area contributed by atoms with E-state index in [2.05, 4.69) is 64.5 Å². The van der Waals surface area contributed by atoms with Crippen molar-refractivity contribution in [1.82, 2.24) is 20.1 Å². The van der Waals surface area contributed by atoms with Gasteiger partial charge in [-0.1, -0.05) is 36.1 Å². The van der Waals surface area contributed by atoms with E-state index in [0.717, 1.165) is 73.2 Å². The number of nitrogens with zero attached hydrogens (tertiary/aromatic N) is 3. The Labute approximate surface area is 230 Å². The quantitative estimate of drug-likeness (QED) is 0.423. The van der Waals surface area contributed by atoms with Crippen molar-refractivity contribution < 1.29 is 14.3 Å². The number of rotatable bonds is 10. The van der Waals surface area contributed by atoms with Crippen molar-refractivity contribution >= 4 is 17.8 Å². The topological polar surface area (TPSA) is 66.9 Å². The predicted molar refractivity (Wildman–Crippen MR) is 151 cm³/mol. The van der Waals surface area contributed by atoms with E-state index >= 15 is 0 Å². The lowest BCUT2D eigenvalue weighted by molar-refractivity contribution is 0.118. The van der Waals surface area contributed by atoms with Crippen LogP contribution >= 0.6 is 11.8 Å². The maximum Gasteiger partial charge on any atom is 0.318 e. The smallest absolute Gasteiger partial charge is 0.318 e. The zero-order valence-corrected chi connectivity index (χ0v) is 23.2. The van der Waals surface area contributed by atoms with Gasteiger partial charge in [0.2, 0.25) is 0 Å². The second-order valence-electron chi connectivity index (χ2n) is 10.1. The van der Waals surface area contributed by atoms with E-state index in [4.69, 9.17) is 14.5 Å². The van der Waals surface area contributed by atoms with Crippen LogP contribution in [-0.4, -0.2) is 72.9 Å². The van der Waals surface area contributed by atoms with Crippen LogP contribution in [0.25, 0.3) is 0 Å². The van der Waals surface area contributed by atoms with Gasteiger partial charge in [-0.2, -0.15) is 0 Å². The number of piperidine rings is 1. The van der Waals surface area contributed by atoms with E-state index in [0.29, 0.717) is 19.3 Å². The number of urea groups is 1. The summed E-state index contributed by atoms with van der Waals surface area (Å²) in [4.78, 5) is 23.4. The number of allylic oxidation sites excluding steroid dienone is 3. The predicted octanol–water partition coefficient (Wildman–Crippen LogP) is 5.20. The van der Waals surface area contributed by atoms with Gasteiger partial charge in [-0.15, -0.1) is 0 Å². The molecule has 2 saturated heterocycles. The molecule has 202 valence electrons.